The van der Waals surface area contributed by atoms with Gasteiger partial charge in [0.25, 0.3) is 0 Å². The van der Waals surface area contributed by atoms with Gasteiger partial charge >= 0.3 is 6.03 Å². The minimum Gasteiger partial charge on any atom is -0.467 e. The van der Waals surface area contributed by atoms with E-state index in [0.717, 1.165) is 25.2 Å². The van der Waals surface area contributed by atoms with Gasteiger partial charge in [0, 0.05) is 25.7 Å². The molecular weight excluding hydrogens is 322 g/mol. The Bertz CT molecular complexity index is 539. The molecule has 1 unspecified atom stereocenters. The van der Waals surface area contributed by atoms with Crippen LogP contribution in [-0.2, 0) is 16.1 Å². The molecule has 1 atom stereocenters. The minimum absolute atomic E-state index is 0.0386. The van der Waals surface area contributed by atoms with E-state index in [2.05, 4.69) is 5.32 Å². The summed E-state index contributed by atoms with van der Waals surface area (Å²) in [5.41, 5.74) is 0. The molecule has 1 N–H and O–H groups in total. The lowest BCUT2D eigenvalue weighted by Crippen LogP contribution is -2.50. The third kappa shape index (κ3) is 5.77. The van der Waals surface area contributed by atoms with Gasteiger partial charge in [-0.3, -0.25) is 4.79 Å². The normalized spacial score (nSPS) is 16.9. The summed E-state index contributed by atoms with van der Waals surface area (Å²) in [6.07, 6.45) is 3.62. The van der Waals surface area contributed by atoms with Crippen LogP contribution in [0.3, 0.4) is 0 Å². The second kappa shape index (κ2) is 9.46. The number of carbonyl (C=O) groups excluding carboxylic acids is 2. The fourth-order valence-electron chi connectivity index (χ4n) is 2.87. The van der Waals surface area contributed by atoms with Crippen LogP contribution in [0.15, 0.2) is 22.8 Å². The van der Waals surface area contributed by atoms with E-state index in [1.54, 1.807) is 22.1 Å². The Hall–Kier alpha value is -2.02. The molecule has 1 aromatic rings. The number of hydrogen-bond donors (Lipinski definition) is 1. The summed E-state index contributed by atoms with van der Waals surface area (Å²) in [6.45, 7) is 7.87. The molecule has 7 nitrogen and oxygen atoms in total. The van der Waals surface area contributed by atoms with Gasteiger partial charge < -0.3 is 24.3 Å². The molecule has 0 aliphatic carbocycles. The van der Waals surface area contributed by atoms with Crippen molar-refractivity contribution < 1.29 is 18.7 Å². The van der Waals surface area contributed by atoms with Crippen molar-refractivity contribution in [3.8, 4) is 0 Å². The number of furan rings is 1. The Balaban J connectivity index is 2.05. The van der Waals surface area contributed by atoms with Crippen LogP contribution in [0.5, 0.6) is 0 Å². The highest BCUT2D eigenvalue weighted by atomic mass is 16.5. The largest absolute Gasteiger partial charge is 0.467 e. The Morgan fingerprint density at radius 1 is 1.40 bits per heavy atom. The summed E-state index contributed by atoms with van der Waals surface area (Å²) in [5.74, 6) is 0.618. The summed E-state index contributed by atoms with van der Waals surface area (Å²) < 4.78 is 11.1. The number of carbonyl (C=O) groups is 2. The molecule has 25 heavy (non-hydrogen) atoms. The first-order valence-corrected chi connectivity index (χ1v) is 8.97. The van der Waals surface area contributed by atoms with Crippen LogP contribution in [0, 0.1) is 0 Å². The quantitative estimate of drug-likeness (QED) is 0.779. The van der Waals surface area contributed by atoms with Crippen LogP contribution in [0.25, 0.3) is 0 Å². The monoisotopic (exact) mass is 351 g/mol. The third-order valence-corrected chi connectivity index (χ3v) is 4.25. The maximum absolute atomic E-state index is 12.9. The molecule has 1 saturated heterocycles. The molecular formula is C18H29N3O4. The maximum atomic E-state index is 12.9. The molecule has 0 bridgehead atoms. The number of rotatable bonds is 8. The first kappa shape index (κ1) is 19.3. The number of urea groups is 1. The van der Waals surface area contributed by atoms with E-state index in [-0.39, 0.29) is 30.6 Å². The standard InChI is InChI=1S/C18H29N3O4/c1-4-19-18(23)21(14(2)3)13-17(22)20(11-15-7-5-9-24-15)12-16-8-6-10-25-16/h5,7,9,14,16H,4,6,8,10-13H2,1-3H3,(H,19,23). The zero-order valence-corrected chi connectivity index (χ0v) is 15.4. The van der Waals surface area contributed by atoms with Crippen LogP contribution in [0.2, 0.25) is 0 Å². The van der Waals surface area contributed by atoms with E-state index in [0.29, 0.717) is 19.6 Å². The molecule has 2 rings (SSSR count). The molecule has 2 heterocycles. The van der Waals surface area contributed by atoms with Crippen molar-refractivity contribution in [1.82, 2.24) is 15.1 Å². The first-order chi connectivity index (χ1) is 12.0. The van der Waals surface area contributed by atoms with Crippen LogP contribution in [-0.4, -0.2) is 60.1 Å². The average molecular weight is 351 g/mol. The molecule has 140 valence electrons. The first-order valence-electron chi connectivity index (χ1n) is 8.97. The van der Waals surface area contributed by atoms with Crippen molar-refractivity contribution in [2.24, 2.45) is 0 Å². The molecule has 0 radical (unpaired) electrons. The van der Waals surface area contributed by atoms with E-state index in [4.69, 9.17) is 9.15 Å². The van der Waals surface area contributed by atoms with Gasteiger partial charge in [0.2, 0.25) is 5.91 Å². The molecule has 0 aromatic carbocycles. The summed E-state index contributed by atoms with van der Waals surface area (Å²) in [6, 6.07) is 3.36. The van der Waals surface area contributed by atoms with Gasteiger partial charge in [-0.05, 0) is 45.7 Å². The molecule has 1 aliphatic rings. The number of nitrogens with zero attached hydrogens (tertiary/aromatic N) is 2. The highest BCUT2D eigenvalue weighted by molar-refractivity contribution is 5.84. The summed E-state index contributed by atoms with van der Waals surface area (Å²) in [5, 5.41) is 2.76. The molecule has 1 aromatic heterocycles. The van der Waals surface area contributed by atoms with E-state index >= 15 is 0 Å². The second-order valence-electron chi connectivity index (χ2n) is 6.55. The van der Waals surface area contributed by atoms with Crippen LogP contribution in [0.1, 0.15) is 39.4 Å². The lowest BCUT2D eigenvalue weighted by molar-refractivity contribution is -0.134. The van der Waals surface area contributed by atoms with Crippen LogP contribution >= 0.6 is 0 Å². The van der Waals surface area contributed by atoms with E-state index in [1.807, 2.05) is 26.8 Å². The minimum atomic E-state index is -0.221. The Morgan fingerprint density at radius 3 is 2.76 bits per heavy atom. The smallest absolute Gasteiger partial charge is 0.318 e. The number of ether oxygens (including phenoxy) is 1. The van der Waals surface area contributed by atoms with Crippen LogP contribution < -0.4 is 5.32 Å². The summed E-state index contributed by atoms with van der Waals surface area (Å²) in [7, 11) is 0. The van der Waals surface area contributed by atoms with Crippen LogP contribution in [0.4, 0.5) is 4.79 Å². The number of amides is 3. The summed E-state index contributed by atoms with van der Waals surface area (Å²) >= 11 is 0. The predicted molar refractivity (Wildman–Crippen MR) is 94.0 cm³/mol. The van der Waals surface area contributed by atoms with Gasteiger partial charge in [0.15, 0.2) is 0 Å². The van der Waals surface area contributed by atoms with Crippen molar-refractivity contribution in [2.45, 2.75) is 52.3 Å². The highest BCUT2D eigenvalue weighted by Gasteiger charge is 2.27. The van der Waals surface area contributed by atoms with Crippen molar-refractivity contribution >= 4 is 11.9 Å². The van der Waals surface area contributed by atoms with E-state index in [1.165, 1.54) is 0 Å². The lowest BCUT2D eigenvalue weighted by Gasteiger charge is -2.30. The van der Waals surface area contributed by atoms with Gasteiger partial charge in [-0.1, -0.05) is 0 Å². The zero-order chi connectivity index (χ0) is 18.2. The van der Waals surface area contributed by atoms with Gasteiger partial charge in [-0.15, -0.1) is 0 Å². The SMILES string of the molecule is CCNC(=O)N(CC(=O)N(Cc1ccco1)CC1CCCO1)C(C)C. The molecule has 0 spiro atoms. The molecule has 1 aliphatic heterocycles. The fourth-order valence-corrected chi connectivity index (χ4v) is 2.87. The fraction of sp³-hybridized carbons (Fsp3) is 0.667. The number of nitrogens with one attached hydrogen (secondary N) is 1. The molecule has 1 fully saturated rings. The van der Waals surface area contributed by atoms with Gasteiger partial charge in [0.1, 0.15) is 12.3 Å². The predicted octanol–water partition coefficient (Wildman–Crippen LogP) is 2.23. The zero-order valence-electron chi connectivity index (χ0n) is 15.4. The Labute approximate surface area is 149 Å². The van der Waals surface area contributed by atoms with Crippen molar-refractivity contribution in [3.05, 3.63) is 24.2 Å². The van der Waals surface area contributed by atoms with Crippen molar-refractivity contribution in [2.75, 3.05) is 26.2 Å². The lowest BCUT2D eigenvalue weighted by atomic mass is 10.2. The maximum Gasteiger partial charge on any atom is 0.318 e. The Morgan fingerprint density at radius 2 is 2.20 bits per heavy atom. The third-order valence-electron chi connectivity index (χ3n) is 4.25. The van der Waals surface area contributed by atoms with E-state index < -0.39 is 0 Å². The average Bonchev–Trinajstić information content (AvgIpc) is 3.25. The topological polar surface area (TPSA) is 75.0 Å². The Kier molecular flexibility index (Phi) is 7.31. The summed E-state index contributed by atoms with van der Waals surface area (Å²) in [4.78, 5) is 28.4. The molecule has 0 saturated carbocycles. The molecule has 3 amide bonds. The van der Waals surface area contributed by atoms with Crippen molar-refractivity contribution in [3.63, 3.8) is 0 Å². The highest BCUT2D eigenvalue weighted by Crippen LogP contribution is 2.16. The van der Waals surface area contributed by atoms with Gasteiger partial charge in [-0.2, -0.15) is 0 Å². The molecule has 7 heteroatoms. The second-order valence-corrected chi connectivity index (χ2v) is 6.55. The van der Waals surface area contributed by atoms with E-state index in [9.17, 15) is 9.59 Å². The van der Waals surface area contributed by atoms with Gasteiger partial charge in [0.05, 0.1) is 18.9 Å². The number of hydrogen-bond acceptors (Lipinski definition) is 4. The van der Waals surface area contributed by atoms with Crippen molar-refractivity contribution in [1.29, 1.82) is 0 Å². The van der Waals surface area contributed by atoms with Gasteiger partial charge in [-0.25, -0.2) is 4.79 Å².